The minimum absolute atomic E-state index is 0.0518. The van der Waals surface area contributed by atoms with Crippen molar-refractivity contribution in [3.05, 3.63) is 56.4 Å². The molecular weight excluding hydrogens is 314 g/mol. The first-order valence-corrected chi connectivity index (χ1v) is 8.38. The van der Waals surface area contributed by atoms with Gasteiger partial charge in [0.2, 0.25) is 5.88 Å². The first-order valence-electron chi connectivity index (χ1n) is 8.38. The van der Waals surface area contributed by atoms with Gasteiger partial charge in [0.25, 0.3) is 5.56 Å². The van der Waals surface area contributed by atoms with E-state index in [1.165, 1.54) is 10.8 Å². The number of rotatable bonds is 5. The number of benzene rings is 1. The molecule has 0 fully saturated rings. The number of pyridine rings is 1. The van der Waals surface area contributed by atoms with Crippen LogP contribution in [0.3, 0.4) is 0 Å². The van der Waals surface area contributed by atoms with Gasteiger partial charge in [-0.3, -0.25) is 14.4 Å². The van der Waals surface area contributed by atoms with Gasteiger partial charge in [0.15, 0.2) is 0 Å². The number of nitrogens with zero attached hydrogens (tertiary/aromatic N) is 3. The SMILES string of the molecule is CCCCn1c(O)c(C=Nc2ccc(C)cc2C)c(C)c(C#N)c1=O. The topological polar surface area (TPSA) is 78.4 Å². The van der Waals surface area contributed by atoms with Crippen LogP contribution in [0.2, 0.25) is 0 Å². The van der Waals surface area contributed by atoms with E-state index in [9.17, 15) is 15.2 Å². The van der Waals surface area contributed by atoms with Crippen LogP contribution in [-0.2, 0) is 6.54 Å². The van der Waals surface area contributed by atoms with E-state index < -0.39 is 5.56 Å². The molecule has 0 bridgehead atoms. The molecule has 0 spiro atoms. The van der Waals surface area contributed by atoms with Crippen LogP contribution >= 0.6 is 0 Å². The summed E-state index contributed by atoms with van der Waals surface area (Å²) in [6, 6.07) is 7.87. The van der Waals surface area contributed by atoms with Gasteiger partial charge in [-0.2, -0.15) is 5.26 Å². The number of hydrogen-bond acceptors (Lipinski definition) is 4. The zero-order valence-electron chi connectivity index (χ0n) is 15.1. The average molecular weight is 337 g/mol. The van der Waals surface area contributed by atoms with Crippen molar-refractivity contribution in [2.75, 3.05) is 0 Å². The van der Waals surface area contributed by atoms with E-state index >= 15 is 0 Å². The maximum Gasteiger partial charge on any atom is 0.271 e. The first kappa shape index (κ1) is 18.5. The highest BCUT2D eigenvalue weighted by molar-refractivity contribution is 5.87. The first-order chi connectivity index (χ1) is 11.9. The molecule has 25 heavy (non-hydrogen) atoms. The monoisotopic (exact) mass is 337 g/mol. The second kappa shape index (κ2) is 7.80. The molecule has 0 atom stereocenters. The third kappa shape index (κ3) is 3.80. The summed E-state index contributed by atoms with van der Waals surface area (Å²) in [6.45, 7) is 8.02. The van der Waals surface area contributed by atoms with Gasteiger partial charge >= 0.3 is 0 Å². The molecule has 5 heteroatoms. The minimum Gasteiger partial charge on any atom is -0.494 e. The summed E-state index contributed by atoms with van der Waals surface area (Å²) in [5.74, 6) is -0.136. The molecule has 1 heterocycles. The Kier molecular flexibility index (Phi) is 5.76. The van der Waals surface area contributed by atoms with E-state index in [4.69, 9.17) is 0 Å². The molecule has 0 unspecified atom stereocenters. The second-order valence-corrected chi connectivity index (χ2v) is 6.21. The molecule has 1 N–H and O–H groups in total. The van der Waals surface area contributed by atoms with Crippen LogP contribution in [0, 0.1) is 32.1 Å². The van der Waals surface area contributed by atoms with Crippen LogP contribution in [0.15, 0.2) is 28.0 Å². The van der Waals surface area contributed by atoms with Gasteiger partial charge in [-0.05, 0) is 44.4 Å². The van der Waals surface area contributed by atoms with Crippen molar-refractivity contribution < 1.29 is 5.11 Å². The van der Waals surface area contributed by atoms with Crippen molar-refractivity contribution >= 4 is 11.9 Å². The van der Waals surface area contributed by atoms with E-state index in [-0.39, 0.29) is 11.4 Å². The Morgan fingerprint density at radius 2 is 2.04 bits per heavy atom. The average Bonchev–Trinajstić information content (AvgIpc) is 2.56. The highest BCUT2D eigenvalue weighted by Crippen LogP contribution is 2.23. The second-order valence-electron chi connectivity index (χ2n) is 6.21. The van der Waals surface area contributed by atoms with Crippen LogP contribution in [0.4, 0.5) is 5.69 Å². The molecule has 0 saturated carbocycles. The Morgan fingerprint density at radius 1 is 1.32 bits per heavy atom. The van der Waals surface area contributed by atoms with Gasteiger partial charge in [0.1, 0.15) is 11.6 Å². The van der Waals surface area contributed by atoms with Crippen LogP contribution in [0.5, 0.6) is 5.88 Å². The number of aliphatic imine (C=N–C) groups is 1. The third-order valence-electron chi connectivity index (χ3n) is 4.27. The van der Waals surface area contributed by atoms with Gasteiger partial charge in [-0.1, -0.05) is 31.0 Å². The lowest BCUT2D eigenvalue weighted by atomic mass is 10.1. The summed E-state index contributed by atoms with van der Waals surface area (Å²) in [5.41, 5.74) is 3.42. The van der Waals surface area contributed by atoms with E-state index in [0.717, 1.165) is 29.7 Å². The number of aromatic nitrogens is 1. The van der Waals surface area contributed by atoms with Gasteiger partial charge in [0.05, 0.1) is 11.3 Å². The molecule has 0 aliphatic rings. The quantitative estimate of drug-likeness (QED) is 0.840. The Morgan fingerprint density at radius 3 is 2.64 bits per heavy atom. The normalized spacial score (nSPS) is 11.0. The fourth-order valence-corrected chi connectivity index (χ4v) is 2.73. The molecule has 1 aromatic carbocycles. The van der Waals surface area contributed by atoms with Gasteiger partial charge in [0, 0.05) is 12.8 Å². The number of aromatic hydroxyl groups is 1. The van der Waals surface area contributed by atoms with E-state index in [0.29, 0.717) is 17.7 Å². The van der Waals surface area contributed by atoms with Crippen molar-refractivity contribution in [3.8, 4) is 11.9 Å². The van der Waals surface area contributed by atoms with Crippen molar-refractivity contribution in [1.82, 2.24) is 4.57 Å². The summed E-state index contributed by atoms with van der Waals surface area (Å²) in [5, 5.41) is 19.9. The summed E-state index contributed by atoms with van der Waals surface area (Å²) in [4.78, 5) is 16.9. The number of nitriles is 1. The Bertz CT molecular complexity index is 918. The van der Waals surface area contributed by atoms with Crippen LogP contribution in [0.1, 0.15) is 47.6 Å². The highest BCUT2D eigenvalue weighted by Gasteiger charge is 2.17. The lowest BCUT2D eigenvalue weighted by Crippen LogP contribution is -2.25. The predicted molar refractivity (Wildman–Crippen MR) is 99.9 cm³/mol. The maximum atomic E-state index is 12.4. The number of unbranched alkanes of at least 4 members (excludes halogenated alkanes) is 1. The van der Waals surface area contributed by atoms with Crippen LogP contribution in [-0.4, -0.2) is 15.9 Å². The number of aryl methyl sites for hydroxylation is 2. The molecule has 0 saturated heterocycles. The summed E-state index contributed by atoms with van der Waals surface area (Å²) in [6.07, 6.45) is 3.16. The zero-order valence-corrected chi connectivity index (χ0v) is 15.1. The molecule has 0 aliphatic carbocycles. The summed E-state index contributed by atoms with van der Waals surface area (Å²) < 4.78 is 1.26. The molecule has 0 amide bonds. The highest BCUT2D eigenvalue weighted by atomic mass is 16.3. The molecule has 5 nitrogen and oxygen atoms in total. The van der Waals surface area contributed by atoms with Gasteiger partial charge < -0.3 is 5.11 Å². The Hall–Kier alpha value is -2.87. The molecule has 1 aromatic heterocycles. The largest absolute Gasteiger partial charge is 0.494 e. The van der Waals surface area contributed by atoms with E-state index in [1.807, 2.05) is 45.0 Å². The van der Waals surface area contributed by atoms with Gasteiger partial charge in [-0.25, -0.2) is 0 Å². The van der Waals surface area contributed by atoms with Crippen LogP contribution < -0.4 is 5.56 Å². The van der Waals surface area contributed by atoms with Crippen molar-refractivity contribution in [2.45, 2.75) is 47.1 Å². The fraction of sp³-hybridized carbons (Fsp3) is 0.350. The fourth-order valence-electron chi connectivity index (χ4n) is 2.73. The predicted octanol–water partition coefficient (Wildman–Crippen LogP) is 3.90. The molecule has 0 aliphatic heterocycles. The van der Waals surface area contributed by atoms with Crippen molar-refractivity contribution in [1.29, 1.82) is 5.26 Å². The zero-order chi connectivity index (χ0) is 18.6. The van der Waals surface area contributed by atoms with Crippen molar-refractivity contribution in [3.63, 3.8) is 0 Å². The summed E-state index contributed by atoms with van der Waals surface area (Å²) >= 11 is 0. The molecule has 0 radical (unpaired) electrons. The Balaban J connectivity index is 2.58. The molecule has 130 valence electrons. The maximum absolute atomic E-state index is 12.4. The van der Waals surface area contributed by atoms with E-state index in [1.54, 1.807) is 6.92 Å². The summed E-state index contributed by atoms with van der Waals surface area (Å²) in [7, 11) is 0. The smallest absolute Gasteiger partial charge is 0.271 e. The molecule has 2 aromatic rings. The molecule has 2 rings (SSSR count). The molecular formula is C20H23N3O2. The van der Waals surface area contributed by atoms with Crippen molar-refractivity contribution in [2.24, 2.45) is 4.99 Å². The third-order valence-corrected chi connectivity index (χ3v) is 4.27. The van der Waals surface area contributed by atoms with E-state index in [2.05, 4.69) is 4.99 Å². The van der Waals surface area contributed by atoms with Gasteiger partial charge in [-0.15, -0.1) is 0 Å². The van der Waals surface area contributed by atoms with Crippen LogP contribution in [0.25, 0.3) is 0 Å². The number of hydrogen-bond donors (Lipinski definition) is 1. The Labute approximate surface area is 147 Å². The minimum atomic E-state index is -0.449. The lowest BCUT2D eigenvalue weighted by Gasteiger charge is -2.13. The lowest BCUT2D eigenvalue weighted by molar-refractivity contribution is 0.400. The standard InChI is InChI=1S/C20H23N3O2/c1-5-6-9-23-19(24)16(11-21)15(4)17(20(23)25)12-22-18-8-7-13(2)10-14(18)3/h7-8,10,12,25H,5-6,9H2,1-4H3.